The minimum Gasteiger partial charge on any atom is -0.285 e. The fraction of sp³-hybridized carbons (Fsp3) is 0.200. The third-order valence-electron chi connectivity index (χ3n) is 0.746. The molecule has 2 heteroatoms. The number of Topliss-reactive ketones (excluding diaryl/α,β-unsaturated/α-hetero) is 2. The fourth-order valence-corrected chi connectivity index (χ4v) is 0.370. The van der Waals surface area contributed by atoms with E-state index in [1.165, 1.54) is 26.0 Å². The maximum Gasteiger partial charge on any atom is 0.202 e. The average Bonchev–Trinajstić information content (AvgIpc) is 1.95. The molecule has 0 amide bonds. The quantitative estimate of drug-likeness (QED) is 0.386. The minimum atomic E-state index is -0.195. The first-order chi connectivity index (χ1) is 5.63. The summed E-state index contributed by atoms with van der Waals surface area (Å²) in [5.74, 6) is 9.15. The van der Waals surface area contributed by atoms with Gasteiger partial charge in [-0.3, -0.25) is 9.59 Å². The third kappa shape index (κ3) is 8.20. The summed E-state index contributed by atoms with van der Waals surface area (Å²) in [6, 6.07) is 0. The number of rotatable bonds is 0. The van der Waals surface area contributed by atoms with Crippen molar-refractivity contribution in [3.8, 4) is 23.7 Å². The van der Waals surface area contributed by atoms with Crippen molar-refractivity contribution in [2.24, 2.45) is 0 Å². The molecule has 0 aliphatic carbocycles. The number of hydrogen-bond acceptors (Lipinski definition) is 2. The van der Waals surface area contributed by atoms with Crippen molar-refractivity contribution >= 4 is 11.6 Å². The lowest BCUT2D eigenvalue weighted by molar-refractivity contribution is -0.112. The lowest BCUT2D eigenvalue weighted by Gasteiger charge is -1.68. The highest BCUT2D eigenvalue weighted by Gasteiger charge is 1.75. The molecular weight excluding hydrogens is 152 g/mol. The molecule has 0 aromatic rings. The summed E-state index contributed by atoms with van der Waals surface area (Å²) in [5, 5.41) is 0. The first-order valence-corrected chi connectivity index (χ1v) is 3.32. The molecule has 0 atom stereocenters. The molecular formula is C10H8O2. The molecule has 0 aliphatic heterocycles. The van der Waals surface area contributed by atoms with Crippen LogP contribution in [-0.4, -0.2) is 11.6 Å². The van der Waals surface area contributed by atoms with E-state index in [-0.39, 0.29) is 11.6 Å². The number of allylic oxidation sites excluding steroid dienone is 2. The van der Waals surface area contributed by atoms with Gasteiger partial charge in [-0.2, -0.15) is 0 Å². The van der Waals surface area contributed by atoms with E-state index in [2.05, 4.69) is 23.7 Å². The van der Waals surface area contributed by atoms with E-state index >= 15 is 0 Å². The second-order valence-corrected chi connectivity index (χ2v) is 1.98. The Kier molecular flexibility index (Phi) is 5.05. The average molecular weight is 160 g/mol. The predicted molar refractivity (Wildman–Crippen MR) is 46.1 cm³/mol. The molecule has 0 heterocycles. The molecule has 2 nitrogen and oxygen atoms in total. The molecule has 0 saturated heterocycles. The summed E-state index contributed by atoms with van der Waals surface area (Å²) in [5.41, 5.74) is 0. The van der Waals surface area contributed by atoms with Crippen LogP contribution in [0.3, 0.4) is 0 Å². The number of carbonyl (C=O) groups is 2. The van der Waals surface area contributed by atoms with E-state index in [0.29, 0.717) is 0 Å². The Labute approximate surface area is 71.7 Å². The highest BCUT2D eigenvalue weighted by molar-refractivity contribution is 5.94. The SMILES string of the molecule is CC(=O)C#C/C=C\C#CC(C)=O. The summed E-state index contributed by atoms with van der Waals surface area (Å²) < 4.78 is 0. The molecule has 0 aromatic heterocycles. The van der Waals surface area contributed by atoms with Crippen LogP contribution in [0.5, 0.6) is 0 Å². The largest absolute Gasteiger partial charge is 0.285 e. The van der Waals surface area contributed by atoms with Crippen LogP contribution in [0.4, 0.5) is 0 Å². The van der Waals surface area contributed by atoms with E-state index in [9.17, 15) is 9.59 Å². The standard InChI is InChI=1S/C10H8O2/c1-9(11)7-5-3-4-6-8-10(2)12/h3-4H,1-2H3/b4-3-. The molecule has 0 bridgehead atoms. The van der Waals surface area contributed by atoms with Crippen molar-refractivity contribution < 1.29 is 9.59 Å². The zero-order valence-corrected chi connectivity index (χ0v) is 6.97. The Morgan fingerprint density at radius 1 is 0.917 bits per heavy atom. The van der Waals surface area contributed by atoms with E-state index in [1.54, 1.807) is 0 Å². The molecule has 0 N–H and O–H groups in total. The van der Waals surface area contributed by atoms with E-state index in [4.69, 9.17) is 0 Å². The van der Waals surface area contributed by atoms with Gasteiger partial charge in [0.05, 0.1) is 0 Å². The van der Waals surface area contributed by atoms with Crippen LogP contribution in [0.25, 0.3) is 0 Å². The summed E-state index contributed by atoms with van der Waals surface area (Å²) in [4.78, 5) is 20.6. The predicted octanol–water partition coefficient (Wildman–Crippen LogP) is 0.727. The topological polar surface area (TPSA) is 34.1 Å². The van der Waals surface area contributed by atoms with Crippen molar-refractivity contribution in [3.05, 3.63) is 12.2 Å². The Hall–Kier alpha value is -1.80. The summed E-state index contributed by atoms with van der Waals surface area (Å²) in [7, 11) is 0. The van der Waals surface area contributed by atoms with E-state index in [1.807, 2.05) is 0 Å². The molecule has 0 unspecified atom stereocenters. The third-order valence-corrected chi connectivity index (χ3v) is 0.746. The minimum absolute atomic E-state index is 0.195. The van der Waals surface area contributed by atoms with Crippen LogP contribution in [0.1, 0.15) is 13.8 Å². The lowest BCUT2D eigenvalue weighted by Crippen LogP contribution is -1.79. The van der Waals surface area contributed by atoms with E-state index in [0.717, 1.165) is 0 Å². The molecule has 12 heavy (non-hydrogen) atoms. The van der Waals surface area contributed by atoms with Crippen molar-refractivity contribution in [2.75, 3.05) is 0 Å². The Balaban J connectivity index is 3.99. The van der Waals surface area contributed by atoms with Gasteiger partial charge in [-0.1, -0.05) is 11.8 Å². The zero-order valence-electron chi connectivity index (χ0n) is 6.97. The highest BCUT2D eigenvalue weighted by Crippen LogP contribution is 1.69. The Morgan fingerprint density at radius 3 is 1.50 bits per heavy atom. The molecule has 60 valence electrons. The van der Waals surface area contributed by atoms with Gasteiger partial charge < -0.3 is 0 Å². The molecule has 0 aliphatic rings. The molecule has 0 fully saturated rings. The van der Waals surface area contributed by atoms with Gasteiger partial charge in [-0.25, -0.2) is 0 Å². The summed E-state index contributed by atoms with van der Waals surface area (Å²) >= 11 is 0. The van der Waals surface area contributed by atoms with Crippen molar-refractivity contribution in [3.63, 3.8) is 0 Å². The fourth-order valence-electron chi connectivity index (χ4n) is 0.370. The zero-order chi connectivity index (χ0) is 9.40. The second-order valence-electron chi connectivity index (χ2n) is 1.98. The summed E-state index contributed by atoms with van der Waals surface area (Å²) in [6.45, 7) is 2.75. The molecule has 0 rings (SSSR count). The van der Waals surface area contributed by atoms with Gasteiger partial charge in [0.25, 0.3) is 0 Å². The molecule has 0 spiro atoms. The monoisotopic (exact) mass is 160 g/mol. The van der Waals surface area contributed by atoms with Crippen molar-refractivity contribution in [2.45, 2.75) is 13.8 Å². The second kappa shape index (κ2) is 5.95. The molecule has 0 aromatic carbocycles. The maximum absolute atomic E-state index is 10.3. The van der Waals surface area contributed by atoms with Crippen LogP contribution in [0, 0.1) is 23.7 Å². The molecule has 0 radical (unpaired) electrons. The van der Waals surface area contributed by atoms with Gasteiger partial charge in [0.15, 0.2) is 0 Å². The van der Waals surface area contributed by atoms with Crippen LogP contribution in [0.2, 0.25) is 0 Å². The smallest absolute Gasteiger partial charge is 0.202 e. The molecule has 0 saturated carbocycles. The number of carbonyl (C=O) groups excluding carboxylic acids is 2. The van der Waals surface area contributed by atoms with Crippen LogP contribution >= 0.6 is 0 Å². The number of ketones is 2. The van der Waals surface area contributed by atoms with Crippen molar-refractivity contribution in [1.29, 1.82) is 0 Å². The highest BCUT2D eigenvalue weighted by atomic mass is 16.1. The first kappa shape index (κ1) is 10.2. The Bertz CT molecular complexity index is 292. The van der Waals surface area contributed by atoms with Gasteiger partial charge >= 0.3 is 0 Å². The van der Waals surface area contributed by atoms with Crippen molar-refractivity contribution in [1.82, 2.24) is 0 Å². The van der Waals surface area contributed by atoms with Gasteiger partial charge in [0.1, 0.15) is 0 Å². The van der Waals surface area contributed by atoms with Crippen LogP contribution in [0.15, 0.2) is 12.2 Å². The van der Waals surface area contributed by atoms with Crippen LogP contribution in [-0.2, 0) is 9.59 Å². The van der Waals surface area contributed by atoms with Crippen LogP contribution < -0.4 is 0 Å². The normalized spacial score (nSPS) is 7.83. The van der Waals surface area contributed by atoms with Gasteiger partial charge in [-0.05, 0) is 24.0 Å². The summed E-state index contributed by atoms with van der Waals surface area (Å²) in [6.07, 6.45) is 2.86. The van der Waals surface area contributed by atoms with Gasteiger partial charge in [0.2, 0.25) is 11.6 Å². The van der Waals surface area contributed by atoms with Gasteiger partial charge in [-0.15, -0.1) is 0 Å². The Morgan fingerprint density at radius 2 is 1.25 bits per heavy atom. The maximum atomic E-state index is 10.3. The van der Waals surface area contributed by atoms with Gasteiger partial charge in [0, 0.05) is 13.8 Å². The van der Waals surface area contributed by atoms with E-state index < -0.39 is 0 Å². The lowest BCUT2D eigenvalue weighted by atomic mass is 10.4. The number of hydrogen-bond donors (Lipinski definition) is 0. The first-order valence-electron chi connectivity index (χ1n) is 3.32.